The first-order chi connectivity index (χ1) is 9.19. The molecule has 0 N–H and O–H groups in total. The van der Waals surface area contributed by atoms with Crippen LogP contribution in [0.25, 0.3) is 0 Å². The molecule has 134 valence electrons. The molecule has 0 aliphatic rings. The van der Waals surface area contributed by atoms with Crippen molar-refractivity contribution in [1.29, 1.82) is 0 Å². The van der Waals surface area contributed by atoms with Gasteiger partial charge in [-0.2, -0.15) is 0 Å². The predicted molar refractivity (Wildman–Crippen MR) is 103 cm³/mol. The summed E-state index contributed by atoms with van der Waals surface area (Å²) in [5.74, 6) is 0.662. The number of hydrogen-bond donors (Lipinski definition) is 0. The van der Waals surface area contributed by atoms with Gasteiger partial charge in [0, 0.05) is 0 Å². The van der Waals surface area contributed by atoms with Crippen LogP contribution in [-0.2, 0) is 0 Å². The molecule has 0 saturated carbocycles. The Labute approximate surface area is 142 Å². The minimum atomic E-state index is 0.199. The lowest BCUT2D eigenvalue weighted by Gasteiger charge is -2.66. The molecule has 0 bridgehead atoms. The highest BCUT2D eigenvalue weighted by Crippen LogP contribution is 2.68. The summed E-state index contributed by atoms with van der Waals surface area (Å²) < 4.78 is 0. The van der Waals surface area contributed by atoms with Crippen molar-refractivity contribution in [2.45, 2.75) is 104 Å². The topological polar surface area (TPSA) is 0 Å². The van der Waals surface area contributed by atoms with Crippen molar-refractivity contribution in [2.75, 3.05) is 0 Å². The molecule has 0 aromatic rings. The van der Waals surface area contributed by atoms with Gasteiger partial charge in [0.25, 0.3) is 0 Å². The largest absolute Gasteiger partial charge is 0.0622 e. The lowest BCUT2D eigenvalue weighted by Crippen LogP contribution is -2.59. The molecule has 0 atom stereocenters. The highest BCUT2D eigenvalue weighted by atomic mass is 14.7. The first kappa shape index (κ1) is 22.0. The molecule has 0 aliphatic heterocycles. The van der Waals surface area contributed by atoms with Crippen LogP contribution in [0, 0.1) is 38.4 Å². The Hall–Kier alpha value is 0. The molecule has 0 rings (SSSR count). The van der Waals surface area contributed by atoms with E-state index in [0.29, 0.717) is 5.92 Å². The normalized spacial score (nSPS) is 16.4. The van der Waals surface area contributed by atoms with E-state index >= 15 is 0 Å². The smallest absolute Gasteiger partial charge is 0.0241 e. The molecule has 22 heavy (non-hydrogen) atoms. The van der Waals surface area contributed by atoms with Crippen molar-refractivity contribution in [2.24, 2.45) is 38.4 Å². The fraction of sp³-hybridized carbons (Fsp3) is 1.00. The third-order valence-electron chi connectivity index (χ3n) is 9.62. The molecule has 0 unspecified atom stereocenters. The zero-order valence-electron chi connectivity index (χ0n) is 18.6. The molecule has 0 aromatic carbocycles. The van der Waals surface area contributed by atoms with E-state index in [-0.39, 0.29) is 32.5 Å². The zero-order valence-corrected chi connectivity index (χ0v) is 18.6. The Kier molecular flexibility index (Phi) is 5.52. The Morgan fingerprint density at radius 2 is 0.682 bits per heavy atom. The maximum Gasteiger partial charge on any atom is -0.0241 e. The molecule has 0 heterocycles. The molecule has 0 radical (unpaired) electrons. The van der Waals surface area contributed by atoms with Gasteiger partial charge in [-0.3, -0.25) is 0 Å². The molecule has 0 spiro atoms. The van der Waals surface area contributed by atoms with Crippen LogP contribution < -0.4 is 0 Å². The summed E-state index contributed by atoms with van der Waals surface area (Å²) in [5.41, 5.74) is 1.40. The summed E-state index contributed by atoms with van der Waals surface area (Å²) in [4.78, 5) is 0. The molecule has 0 nitrogen and oxygen atoms in total. The average molecular weight is 311 g/mol. The second-order valence-corrected chi connectivity index (χ2v) is 11.6. The van der Waals surface area contributed by atoms with Crippen molar-refractivity contribution < 1.29 is 0 Å². The molecular weight excluding hydrogens is 264 g/mol. The molecule has 0 heteroatoms. The van der Waals surface area contributed by atoms with Gasteiger partial charge in [0.05, 0.1) is 0 Å². The minimum absolute atomic E-state index is 0.199. The van der Waals surface area contributed by atoms with E-state index in [9.17, 15) is 0 Å². The Bertz CT molecular complexity index is 381. The van der Waals surface area contributed by atoms with E-state index in [4.69, 9.17) is 0 Å². The van der Waals surface area contributed by atoms with Crippen molar-refractivity contribution in [3.63, 3.8) is 0 Å². The van der Waals surface area contributed by atoms with Crippen molar-refractivity contribution in [3.05, 3.63) is 0 Å². The fourth-order valence-electron chi connectivity index (χ4n) is 4.03. The second kappa shape index (κ2) is 5.52. The maximum absolute atomic E-state index is 2.50. The van der Waals surface area contributed by atoms with Gasteiger partial charge in [-0.1, -0.05) is 104 Å². The van der Waals surface area contributed by atoms with Gasteiger partial charge in [0.1, 0.15) is 0 Å². The van der Waals surface area contributed by atoms with E-state index in [1.165, 1.54) is 0 Å². The van der Waals surface area contributed by atoms with Gasteiger partial charge in [-0.05, 0) is 38.4 Å². The average Bonchev–Trinajstić information content (AvgIpc) is 2.25. The third-order valence-corrected chi connectivity index (χ3v) is 9.62. The van der Waals surface area contributed by atoms with E-state index in [0.717, 1.165) is 0 Å². The van der Waals surface area contributed by atoms with Gasteiger partial charge in [0.15, 0.2) is 0 Å². The summed E-state index contributed by atoms with van der Waals surface area (Å²) in [7, 11) is 0. The predicted octanol–water partition coefficient (Wildman–Crippen LogP) is 7.82. The lowest BCUT2D eigenvalue weighted by atomic mass is 9.38. The Balaban J connectivity index is 6.24. The summed E-state index contributed by atoms with van der Waals surface area (Å²) in [6.45, 7) is 36.8. The van der Waals surface area contributed by atoms with Gasteiger partial charge < -0.3 is 0 Å². The molecule has 0 saturated heterocycles. The van der Waals surface area contributed by atoms with Crippen LogP contribution in [0.4, 0.5) is 0 Å². The first-order valence-electron chi connectivity index (χ1n) is 9.19. The zero-order chi connectivity index (χ0) is 18.6. The Morgan fingerprint density at radius 1 is 0.409 bits per heavy atom. The van der Waals surface area contributed by atoms with Crippen LogP contribution in [0.5, 0.6) is 0 Å². The number of rotatable bonds is 5. The van der Waals surface area contributed by atoms with Crippen LogP contribution in [-0.4, -0.2) is 0 Å². The van der Waals surface area contributed by atoms with Crippen molar-refractivity contribution in [3.8, 4) is 0 Å². The van der Waals surface area contributed by atoms with Gasteiger partial charge in [-0.15, -0.1) is 0 Å². The SMILES string of the molecule is CC(C)C(C)(C)C(C)(C)C(C)(C)C(C)(C)C(C)(C)C(C)(C)C. The number of hydrogen-bond acceptors (Lipinski definition) is 0. The highest BCUT2D eigenvalue weighted by molar-refractivity contribution is 5.09. The van der Waals surface area contributed by atoms with E-state index in [1.54, 1.807) is 0 Å². The van der Waals surface area contributed by atoms with Crippen LogP contribution in [0.3, 0.4) is 0 Å². The van der Waals surface area contributed by atoms with E-state index < -0.39 is 0 Å². The quantitative estimate of drug-likeness (QED) is 0.485. The van der Waals surface area contributed by atoms with Gasteiger partial charge in [0.2, 0.25) is 0 Å². The maximum atomic E-state index is 2.50. The van der Waals surface area contributed by atoms with E-state index in [2.05, 4.69) is 104 Å². The molecule has 0 fully saturated rings. The van der Waals surface area contributed by atoms with Crippen molar-refractivity contribution >= 4 is 0 Å². The third kappa shape index (κ3) is 2.78. The van der Waals surface area contributed by atoms with Crippen LogP contribution in [0.1, 0.15) is 104 Å². The molecule has 0 amide bonds. The van der Waals surface area contributed by atoms with Crippen LogP contribution in [0.2, 0.25) is 0 Å². The van der Waals surface area contributed by atoms with Gasteiger partial charge in [-0.25, -0.2) is 0 Å². The van der Waals surface area contributed by atoms with Crippen molar-refractivity contribution in [1.82, 2.24) is 0 Å². The lowest BCUT2D eigenvalue weighted by molar-refractivity contribution is -0.178. The summed E-state index contributed by atoms with van der Waals surface area (Å²) >= 11 is 0. The van der Waals surface area contributed by atoms with E-state index in [1.807, 2.05) is 0 Å². The van der Waals surface area contributed by atoms with Crippen LogP contribution >= 0.6 is 0 Å². The highest BCUT2D eigenvalue weighted by Gasteiger charge is 2.61. The Morgan fingerprint density at radius 3 is 0.909 bits per heavy atom. The summed E-state index contributed by atoms with van der Waals surface area (Å²) in [6, 6.07) is 0. The first-order valence-corrected chi connectivity index (χ1v) is 9.19. The summed E-state index contributed by atoms with van der Waals surface area (Å²) in [5, 5.41) is 0. The molecular formula is C22H46. The van der Waals surface area contributed by atoms with Gasteiger partial charge >= 0.3 is 0 Å². The standard InChI is InChI=1S/C22H46/c1-16(2)18(6,7)20(10,11)22(14,15)21(12,13)19(8,9)17(3,4)5/h16H,1-15H3. The minimum Gasteiger partial charge on any atom is -0.0622 e. The monoisotopic (exact) mass is 310 g/mol. The fourth-order valence-corrected chi connectivity index (χ4v) is 4.03. The second-order valence-electron chi connectivity index (χ2n) is 11.6. The van der Waals surface area contributed by atoms with Crippen LogP contribution in [0.15, 0.2) is 0 Å². The molecule has 0 aromatic heterocycles. The molecule has 0 aliphatic carbocycles. The summed E-state index contributed by atoms with van der Waals surface area (Å²) in [6.07, 6.45) is 0.